The molecule has 2 aromatic carbocycles. The Bertz CT molecular complexity index is 1350. The minimum atomic E-state index is -4.39. The first-order valence-corrected chi connectivity index (χ1v) is 12.4. The summed E-state index contributed by atoms with van der Waals surface area (Å²) in [6.45, 7) is -0.0371. The number of carbonyl (C=O) groups is 1. The van der Waals surface area contributed by atoms with Crippen LogP contribution in [0.2, 0.25) is 5.02 Å². The fourth-order valence-electron chi connectivity index (χ4n) is 2.92. The molecule has 0 aliphatic carbocycles. The largest absolute Gasteiger partial charge is 0.492 e. The van der Waals surface area contributed by atoms with E-state index in [4.69, 9.17) is 21.4 Å². The molecule has 0 saturated heterocycles. The van der Waals surface area contributed by atoms with Gasteiger partial charge in [0.25, 0.3) is 0 Å². The van der Waals surface area contributed by atoms with Gasteiger partial charge in [0.2, 0.25) is 5.82 Å². The average Bonchev–Trinajstić information content (AvgIpc) is 3.49. The molecule has 0 spiro atoms. The van der Waals surface area contributed by atoms with Gasteiger partial charge in [0.15, 0.2) is 15.9 Å². The maximum absolute atomic E-state index is 12.8. The molecule has 0 unspecified atom stereocenters. The topological polar surface area (TPSA) is 116 Å². The second-order valence-electron chi connectivity index (χ2n) is 7.18. The number of halogens is 4. The zero-order valence-corrected chi connectivity index (χ0v) is 20.5. The van der Waals surface area contributed by atoms with E-state index >= 15 is 0 Å². The maximum atomic E-state index is 12.8. The van der Waals surface area contributed by atoms with Crippen LogP contribution in [0.4, 0.5) is 13.2 Å². The molecular formula is C21H16ClF3N6O3S2. The highest BCUT2D eigenvalue weighted by atomic mass is 35.5. The molecule has 9 nitrogen and oxygen atoms in total. The molecule has 36 heavy (non-hydrogen) atoms. The summed E-state index contributed by atoms with van der Waals surface area (Å²) < 4.78 is 44.9. The van der Waals surface area contributed by atoms with Crippen molar-refractivity contribution in [2.45, 2.75) is 23.5 Å². The van der Waals surface area contributed by atoms with Crippen LogP contribution >= 0.6 is 34.7 Å². The van der Waals surface area contributed by atoms with Gasteiger partial charge in [-0.05, 0) is 47.0 Å². The molecule has 0 bridgehead atoms. The van der Waals surface area contributed by atoms with Gasteiger partial charge in [-0.15, -0.1) is 20.4 Å². The van der Waals surface area contributed by atoms with Crippen LogP contribution in [-0.2, 0) is 17.5 Å². The Kier molecular flexibility index (Phi) is 8.06. The lowest BCUT2D eigenvalue weighted by Crippen LogP contribution is -2.11. The van der Waals surface area contributed by atoms with Gasteiger partial charge in [0.05, 0.1) is 17.2 Å². The van der Waals surface area contributed by atoms with Gasteiger partial charge in [0, 0.05) is 5.75 Å². The number of aromatic nitrogens is 6. The number of tetrazole rings is 1. The van der Waals surface area contributed by atoms with Crippen LogP contribution in [0.1, 0.15) is 12.0 Å². The predicted molar refractivity (Wildman–Crippen MR) is 127 cm³/mol. The molecule has 0 atom stereocenters. The van der Waals surface area contributed by atoms with E-state index in [9.17, 15) is 18.0 Å². The standard InChI is InChI=1S/C21H16ClF3N6O3S2/c22-15-7-4-13(12-2-5-14(6-3-12)21(23,24)25)10-16(15)34-8-1-9-35-20-28-27-19(36-20)18-26-30-31(29-18)11-17(32)33/h2-7,10H,1,8-9,11H2,(H,32,33). The molecule has 0 radical (unpaired) electrons. The van der Waals surface area contributed by atoms with Gasteiger partial charge in [-0.2, -0.15) is 18.0 Å². The maximum Gasteiger partial charge on any atom is 0.416 e. The Morgan fingerprint density at radius 3 is 2.58 bits per heavy atom. The van der Waals surface area contributed by atoms with Crippen LogP contribution in [0.25, 0.3) is 22.0 Å². The molecule has 2 heterocycles. The van der Waals surface area contributed by atoms with Crippen LogP contribution in [-0.4, -0.2) is 53.8 Å². The van der Waals surface area contributed by atoms with E-state index in [0.717, 1.165) is 16.9 Å². The Labute approximate surface area is 215 Å². The smallest absolute Gasteiger partial charge is 0.416 e. The zero-order valence-electron chi connectivity index (χ0n) is 18.1. The first-order chi connectivity index (χ1) is 17.2. The normalized spacial score (nSPS) is 11.6. The molecule has 0 amide bonds. The second-order valence-corrected chi connectivity index (χ2v) is 9.91. The van der Waals surface area contributed by atoms with Crippen molar-refractivity contribution in [3.05, 3.63) is 53.1 Å². The summed E-state index contributed by atoms with van der Waals surface area (Å²) in [5.41, 5.74) is 0.593. The van der Waals surface area contributed by atoms with Crippen LogP contribution in [0, 0.1) is 0 Å². The third-order valence-corrected chi connectivity index (χ3v) is 7.03. The van der Waals surface area contributed by atoms with E-state index in [2.05, 4.69) is 25.6 Å². The van der Waals surface area contributed by atoms with Crippen LogP contribution in [0.5, 0.6) is 5.75 Å². The number of alkyl halides is 3. The second kappa shape index (κ2) is 11.2. The molecule has 4 aromatic rings. The van der Waals surface area contributed by atoms with Crippen LogP contribution in [0.15, 0.2) is 46.8 Å². The molecule has 0 fully saturated rings. The highest BCUT2D eigenvalue weighted by Gasteiger charge is 2.30. The van der Waals surface area contributed by atoms with Crippen LogP contribution in [0.3, 0.4) is 0 Å². The van der Waals surface area contributed by atoms with Crippen molar-refractivity contribution in [2.24, 2.45) is 0 Å². The first kappa shape index (κ1) is 25.9. The number of thioether (sulfide) groups is 1. The lowest BCUT2D eigenvalue weighted by atomic mass is 10.0. The molecule has 4 rings (SSSR count). The number of nitrogens with zero attached hydrogens (tertiary/aromatic N) is 6. The summed E-state index contributed by atoms with van der Waals surface area (Å²) >= 11 is 8.94. The quantitative estimate of drug-likeness (QED) is 0.208. The summed E-state index contributed by atoms with van der Waals surface area (Å²) in [4.78, 5) is 11.7. The molecule has 1 N–H and O–H groups in total. The molecule has 188 valence electrons. The van der Waals surface area contributed by atoms with Gasteiger partial charge < -0.3 is 9.84 Å². The predicted octanol–water partition coefficient (Wildman–Crippen LogP) is 5.18. The third kappa shape index (κ3) is 6.71. The summed E-state index contributed by atoms with van der Waals surface area (Å²) in [6, 6.07) is 9.94. The molecule has 2 aromatic heterocycles. The molecule has 0 saturated carbocycles. The number of benzene rings is 2. The number of rotatable bonds is 10. The van der Waals surface area contributed by atoms with Crippen molar-refractivity contribution in [1.82, 2.24) is 30.4 Å². The van der Waals surface area contributed by atoms with E-state index in [1.54, 1.807) is 18.2 Å². The van der Waals surface area contributed by atoms with Crippen molar-refractivity contribution in [1.29, 1.82) is 0 Å². The Morgan fingerprint density at radius 2 is 1.86 bits per heavy atom. The number of carboxylic acids is 1. The van der Waals surface area contributed by atoms with Gasteiger partial charge in [-0.1, -0.05) is 52.9 Å². The van der Waals surface area contributed by atoms with Gasteiger partial charge >= 0.3 is 12.1 Å². The fourth-order valence-corrected chi connectivity index (χ4v) is 4.85. The highest BCUT2D eigenvalue weighted by Crippen LogP contribution is 2.34. The van der Waals surface area contributed by atoms with E-state index in [1.807, 2.05) is 0 Å². The lowest BCUT2D eigenvalue weighted by Gasteiger charge is -2.11. The Hall–Kier alpha value is -3.23. The van der Waals surface area contributed by atoms with E-state index < -0.39 is 24.3 Å². The number of hydrogen-bond acceptors (Lipinski definition) is 9. The summed E-state index contributed by atoms with van der Waals surface area (Å²) in [7, 11) is 0. The minimum absolute atomic E-state index is 0.200. The van der Waals surface area contributed by atoms with Gasteiger partial charge in [-0.3, -0.25) is 4.79 Å². The first-order valence-electron chi connectivity index (χ1n) is 10.3. The van der Waals surface area contributed by atoms with Gasteiger partial charge in [0.1, 0.15) is 5.75 Å². The van der Waals surface area contributed by atoms with E-state index in [0.29, 0.717) is 50.0 Å². The molecular weight excluding hydrogens is 541 g/mol. The summed E-state index contributed by atoms with van der Waals surface area (Å²) in [5, 5.41) is 29.1. The molecule has 0 aliphatic rings. The average molecular weight is 557 g/mol. The van der Waals surface area contributed by atoms with Crippen molar-refractivity contribution < 1.29 is 27.8 Å². The van der Waals surface area contributed by atoms with Crippen molar-refractivity contribution >= 4 is 40.7 Å². The summed E-state index contributed by atoms with van der Waals surface area (Å²) in [6.07, 6.45) is -3.73. The molecule has 0 aliphatic heterocycles. The van der Waals surface area contributed by atoms with Crippen molar-refractivity contribution in [2.75, 3.05) is 12.4 Å². The fraction of sp³-hybridized carbons (Fsp3) is 0.238. The SMILES string of the molecule is O=C(O)Cn1nnc(-c2nnc(SCCCOc3cc(-c4ccc(C(F)(F)F)cc4)ccc3Cl)s2)n1. The lowest BCUT2D eigenvalue weighted by molar-refractivity contribution is -0.138. The Morgan fingerprint density at radius 1 is 1.11 bits per heavy atom. The van der Waals surface area contributed by atoms with E-state index in [1.165, 1.54) is 35.2 Å². The number of carboxylic acid groups (broad SMARTS) is 1. The zero-order chi connectivity index (χ0) is 25.7. The minimum Gasteiger partial charge on any atom is -0.492 e. The Balaban J connectivity index is 1.27. The van der Waals surface area contributed by atoms with E-state index in [-0.39, 0.29) is 5.82 Å². The number of hydrogen-bond donors (Lipinski definition) is 1. The monoisotopic (exact) mass is 556 g/mol. The number of aliphatic carboxylic acids is 1. The summed E-state index contributed by atoms with van der Waals surface area (Å²) in [5.74, 6) is 0.228. The van der Waals surface area contributed by atoms with Crippen LogP contribution < -0.4 is 4.74 Å². The third-order valence-electron chi connectivity index (χ3n) is 4.58. The van der Waals surface area contributed by atoms with Crippen molar-refractivity contribution in [3.8, 4) is 27.7 Å². The number of ether oxygens (including phenoxy) is 1. The molecule has 15 heteroatoms. The van der Waals surface area contributed by atoms with Crippen molar-refractivity contribution in [3.63, 3.8) is 0 Å². The highest BCUT2D eigenvalue weighted by molar-refractivity contribution is 8.01. The van der Waals surface area contributed by atoms with Gasteiger partial charge in [-0.25, -0.2) is 0 Å².